The Labute approximate surface area is 90.0 Å². The Morgan fingerprint density at radius 1 is 1.33 bits per heavy atom. The van der Waals surface area contributed by atoms with Crippen LogP contribution in [-0.4, -0.2) is 19.4 Å². The van der Waals surface area contributed by atoms with E-state index in [2.05, 4.69) is 16.9 Å². The summed E-state index contributed by atoms with van der Waals surface area (Å²) < 4.78 is 9.37. The van der Waals surface area contributed by atoms with Gasteiger partial charge in [-0.05, 0) is 25.3 Å². The number of benzene rings is 1. The second-order valence-corrected chi connectivity index (χ2v) is 3.41. The third kappa shape index (κ3) is 4.49. The number of hydrogen-bond acceptors (Lipinski definition) is 3. The van der Waals surface area contributed by atoms with Crippen molar-refractivity contribution in [1.29, 1.82) is 0 Å². The highest BCUT2D eigenvalue weighted by molar-refractivity contribution is 5.59. The molecule has 0 N–H and O–H groups in total. The van der Waals surface area contributed by atoms with Gasteiger partial charge in [0.15, 0.2) is 0 Å². The highest BCUT2D eigenvalue weighted by atomic mass is 16.7. The molecule has 3 nitrogen and oxygen atoms in total. The van der Waals surface area contributed by atoms with Gasteiger partial charge < -0.3 is 9.47 Å². The molecule has 0 bridgehead atoms. The number of ether oxygens (including phenoxy) is 2. The Morgan fingerprint density at radius 2 is 2.00 bits per heavy atom. The fourth-order valence-corrected chi connectivity index (χ4v) is 1.29. The van der Waals surface area contributed by atoms with E-state index in [1.807, 2.05) is 25.1 Å². The van der Waals surface area contributed by atoms with Gasteiger partial charge in [-0.15, -0.1) is 0 Å². The summed E-state index contributed by atoms with van der Waals surface area (Å²) in [6.07, 6.45) is 0.978. The molecule has 1 aromatic carbocycles. The lowest BCUT2D eigenvalue weighted by Gasteiger charge is -2.11. The third-order valence-corrected chi connectivity index (χ3v) is 2.15. The van der Waals surface area contributed by atoms with Gasteiger partial charge in [0, 0.05) is 0 Å². The van der Waals surface area contributed by atoms with Crippen LogP contribution in [0.4, 0.5) is 4.79 Å². The van der Waals surface area contributed by atoms with Gasteiger partial charge in [0.1, 0.15) is 6.10 Å². The highest BCUT2D eigenvalue weighted by Gasteiger charge is 2.08. The SMILES string of the molecule is COC(=O)OC(C)CCc1ccccc1. The van der Waals surface area contributed by atoms with Crippen molar-refractivity contribution in [3.63, 3.8) is 0 Å². The van der Waals surface area contributed by atoms with E-state index < -0.39 is 6.16 Å². The molecule has 0 aliphatic carbocycles. The van der Waals surface area contributed by atoms with E-state index in [1.165, 1.54) is 12.7 Å². The summed E-state index contributed by atoms with van der Waals surface area (Å²) in [4.78, 5) is 10.8. The molecule has 0 heterocycles. The van der Waals surface area contributed by atoms with Crippen LogP contribution in [0.25, 0.3) is 0 Å². The molecule has 0 spiro atoms. The predicted molar refractivity (Wildman–Crippen MR) is 57.7 cm³/mol. The average molecular weight is 208 g/mol. The Morgan fingerprint density at radius 3 is 2.60 bits per heavy atom. The molecule has 0 fully saturated rings. The maximum atomic E-state index is 10.8. The zero-order valence-electron chi connectivity index (χ0n) is 9.10. The molecule has 0 aromatic heterocycles. The third-order valence-electron chi connectivity index (χ3n) is 2.15. The summed E-state index contributed by atoms with van der Waals surface area (Å²) in [5, 5.41) is 0. The van der Waals surface area contributed by atoms with Crippen LogP contribution in [-0.2, 0) is 15.9 Å². The van der Waals surface area contributed by atoms with Crippen LogP contribution in [0, 0.1) is 0 Å². The molecule has 0 saturated heterocycles. The van der Waals surface area contributed by atoms with Crippen LogP contribution in [0.3, 0.4) is 0 Å². The number of rotatable bonds is 4. The summed E-state index contributed by atoms with van der Waals surface area (Å²) in [5.41, 5.74) is 1.25. The van der Waals surface area contributed by atoms with Crippen molar-refractivity contribution in [2.45, 2.75) is 25.9 Å². The number of aryl methyl sites for hydroxylation is 1. The van der Waals surface area contributed by atoms with E-state index in [4.69, 9.17) is 4.74 Å². The number of hydrogen-bond donors (Lipinski definition) is 0. The molecule has 82 valence electrons. The van der Waals surface area contributed by atoms with Crippen LogP contribution in [0.2, 0.25) is 0 Å². The fourth-order valence-electron chi connectivity index (χ4n) is 1.29. The second kappa shape index (κ2) is 6.06. The lowest BCUT2D eigenvalue weighted by Crippen LogP contribution is -2.15. The standard InChI is InChI=1S/C12H16O3/c1-10(15-12(13)14-2)8-9-11-6-4-3-5-7-11/h3-7,10H,8-9H2,1-2H3. The van der Waals surface area contributed by atoms with Gasteiger partial charge in [-0.2, -0.15) is 0 Å². The molecule has 1 unspecified atom stereocenters. The highest BCUT2D eigenvalue weighted by Crippen LogP contribution is 2.07. The van der Waals surface area contributed by atoms with Gasteiger partial charge >= 0.3 is 6.16 Å². The van der Waals surface area contributed by atoms with E-state index in [1.54, 1.807) is 0 Å². The van der Waals surface area contributed by atoms with Crippen LogP contribution < -0.4 is 0 Å². The molecule has 0 aliphatic heterocycles. The number of carbonyl (C=O) groups excluding carboxylic acids is 1. The smallest absolute Gasteiger partial charge is 0.438 e. The zero-order chi connectivity index (χ0) is 11.1. The van der Waals surface area contributed by atoms with E-state index >= 15 is 0 Å². The summed E-state index contributed by atoms with van der Waals surface area (Å²) in [5.74, 6) is 0. The Hall–Kier alpha value is -1.51. The van der Waals surface area contributed by atoms with Crippen molar-refractivity contribution in [2.75, 3.05) is 7.11 Å². The molecule has 1 rings (SSSR count). The second-order valence-electron chi connectivity index (χ2n) is 3.41. The summed E-state index contributed by atoms with van der Waals surface area (Å²) in [7, 11) is 1.31. The molecular weight excluding hydrogens is 192 g/mol. The van der Waals surface area contributed by atoms with E-state index in [-0.39, 0.29) is 6.10 Å². The van der Waals surface area contributed by atoms with Crippen molar-refractivity contribution >= 4 is 6.16 Å². The first kappa shape index (κ1) is 11.6. The molecule has 3 heteroatoms. The lowest BCUT2D eigenvalue weighted by atomic mass is 10.1. The van der Waals surface area contributed by atoms with Crippen LogP contribution in [0.5, 0.6) is 0 Å². The first-order chi connectivity index (χ1) is 7.22. The largest absolute Gasteiger partial charge is 0.508 e. The van der Waals surface area contributed by atoms with Gasteiger partial charge in [0.2, 0.25) is 0 Å². The molecule has 0 saturated carbocycles. The molecule has 0 aliphatic rings. The summed E-state index contributed by atoms with van der Waals surface area (Å²) >= 11 is 0. The number of carbonyl (C=O) groups is 1. The minimum atomic E-state index is -0.615. The summed E-state index contributed by atoms with van der Waals surface area (Å²) in [6.45, 7) is 1.86. The molecule has 1 aromatic rings. The first-order valence-electron chi connectivity index (χ1n) is 5.01. The molecule has 15 heavy (non-hydrogen) atoms. The maximum Gasteiger partial charge on any atom is 0.508 e. The maximum absolute atomic E-state index is 10.8. The normalized spacial score (nSPS) is 11.9. The van der Waals surface area contributed by atoms with E-state index in [0.717, 1.165) is 12.8 Å². The summed E-state index contributed by atoms with van der Waals surface area (Å²) in [6, 6.07) is 10.1. The van der Waals surface area contributed by atoms with Gasteiger partial charge in [-0.3, -0.25) is 0 Å². The fraction of sp³-hybridized carbons (Fsp3) is 0.417. The van der Waals surface area contributed by atoms with Crippen LogP contribution in [0.15, 0.2) is 30.3 Å². The molecule has 0 radical (unpaired) electrons. The molecule has 1 atom stereocenters. The monoisotopic (exact) mass is 208 g/mol. The Kier molecular flexibility index (Phi) is 4.68. The van der Waals surface area contributed by atoms with Gasteiger partial charge in [0.25, 0.3) is 0 Å². The van der Waals surface area contributed by atoms with Gasteiger partial charge in [-0.1, -0.05) is 30.3 Å². The van der Waals surface area contributed by atoms with E-state index in [0.29, 0.717) is 0 Å². The molecule has 0 amide bonds. The van der Waals surface area contributed by atoms with Crippen molar-refractivity contribution in [3.05, 3.63) is 35.9 Å². The van der Waals surface area contributed by atoms with Crippen molar-refractivity contribution in [1.82, 2.24) is 0 Å². The number of methoxy groups -OCH3 is 1. The van der Waals surface area contributed by atoms with Crippen molar-refractivity contribution < 1.29 is 14.3 Å². The minimum Gasteiger partial charge on any atom is -0.438 e. The lowest BCUT2D eigenvalue weighted by molar-refractivity contribution is 0.0407. The molecular formula is C12H16O3. The van der Waals surface area contributed by atoms with Crippen LogP contribution in [0.1, 0.15) is 18.9 Å². The minimum absolute atomic E-state index is 0.113. The van der Waals surface area contributed by atoms with Crippen LogP contribution >= 0.6 is 0 Å². The van der Waals surface area contributed by atoms with Gasteiger partial charge in [0.05, 0.1) is 7.11 Å². The Bertz CT molecular complexity index is 295. The quantitative estimate of drug-likeness (QED) is 0.714. The van der Waals surface area contributed by atoms with Gasteiger partial charge in [-0.25, -0.2) is 4.79 Å². The predicted octanol–water partition coefficient (Wildman–Crippen LogP) is 2.79. The average Bonchev–Trinajstić information content (AvgIpc) is 2.27. The van der Waals surface area contributed by atoms with E-state index in [9.17, 15) is 4.79 Å². The topological polar surface area (TPSA) is 35.5 Å². The van der Waals surface area contributed by atoms with Crippen molar-refractivity contribution in [2.24, 2.45) is 0 Å². The van der Waals surface area contributed by atoms with Crippen molar-refractivity contribution in [3.8, 4) is 0 Å². The first-order valence-corrected chi connectivity index (χ1v) is 5.01. The Balaban J connectivity index is 2.28. The zero-order valence-corrected chi connectivity index (χ0v) is 9.10.